The number of benzene rings is 1. The van der Waals surface area contributed by atoms with Crippen LogP contribution in [0.1, 0.15) is 5.56 Å². The van der Waals surface area contributed by atoms with Crippen molar-refractivity contribution < 1.29 is 4.39 Å². The number of H-pyrrole nitrogens is 1. The number of hydrogen-bond donors (Lipinski definition) is 1. The van der Waals surface area contributed by atoms with Crippen molar-refractivity contribution in [1.29, 1.82) is 5.26 Å². The highest BCUT2D eigenvalue weighted by Crippen LogP contribution is 2.33. The van der Waals surface area contributed by atoms with E-state index in [2.05, 4.69) is 25.9 Å². The Morgan fingerprint density at radius 1 is 1.55 bits per heavy atom. The number of rotatable bonds is 2. The molecular formula is C12H6BrFIN3OS. The van der Waals surface area contributed by atoms with E-state index < -0.39 is 11.4 Å². The summed E-state index contributed by atoms with van der Waals surface area (Å²) in [4.78, 5) is 18.6. The molecule has 0 unspecified atom stereocenters. The third-order valence-corrected chi connectivity index (χ3v) is 5.48. The minimum atomic E-state index is -0.534. The Labute approximate surface area is 140 Å². The maximum absolute atomic E-state index is 13.6. The molecule has 102 valence electrons. The molecule has 0 aliphatic carbocycles. The van der Waals surface area contributed by atoms with E-state index in [9.17, 15) is 9.18 Å². The first-order valence-electron chi connectivity index (χ1n) is 5.21. The number of nitriles is 1. The Kier molecular flexibility index (Phi) is 4.82. The van der Waals surface area contributed by atoms with Crippen molar-refractivity contribution in [2.24, 2.45) is 0 Å². The molecule has 0 aliphatic rings. The van der Waals surface area contributed by atoms with Gasteiger partial charge in [0.05, 0.1) is 5.69 Å². The monoisotopic (exact) mass is 465 g/mol. The Morgan fingerprint density at radius 3 is 2.85 bits per heavy atom. The van der Waals surface area contributed by atoms with Gasteiger partial charge in [-0.25, -0.2) is 9.37 Å². The van der Waals surface area contributed by atoms with E-state index >= 15 is 0 Å². The Morgan fingerprint density at radius 2 is 2.25 bits per heavy atom. The number of thioether (sulfide) groups is 1. The zero-order chi connectivity index (χ0) is 14.9. The molecule has 0 bridgehead atoms. The van der Waals surface area contributed by atoms with Crippen LogP contribution in [0.25, 0.3) is 11.3 Å². The molecule has 0 fully saturated rings. The molecule has 20 heavy (non-hydrogen) atoms. The fraction of sp³-hybridized carbons (Fsp3) is 0.0833. The number of aromatic amines is 1. The van der Waals surface area contributed by atoms with E-state index in [-0.39, 0.29) is 11.3 Å². The third kappa shape index (κ3) is 2.89. The van der Waals surface area contributed by atoms with Crippen LogP contribution in [0.3, 0.4) is 0 Å². The quantitative estimate of drug-likeness (QED) is 0.319. The van der Waals surface area contributed by atoms with Gasteiger partial charge in [-0.3, -0.25) is 4.79 Å². The molecular weight excluding hydrogens is 460 g/mol. The van der Waals surface area contributed by atoms with Gasteiger partial charge in [0.25, 0.3) is 5.56 Å². The van der Waals surface area contributed by atoms with Crippen LogP contribution in [-0.2, 0) is 0 Å². The highest BCUT2D eigenvalue weighted by molar-refractivity contribution is 14.1. The average molecular weight is 466 g/mol. The number of halogens is 3. The predicted molar refractivity (Wildman–Crippen MR) is 87.2 cm³/mol. The molecule has 1 heterocycles. The molecule has 2 aromatic rings. The van der Waals surface area contributed by atoms with Crippen molar-refractivity contribution in [2.75, 3.05) is 6.26 Å². The fourth-order valence-corrected chi connectivity index (χ4v) is 2.96. The minimum Gasteiger partial charge on any atom is -0.300 e. The maximum atomic E-state index is 13.6. The van der Waals surface area contributed by atoms with Crippen LogP contribution < -0.4 is 5.56 Å². The van der Waals surface area contributed by atoms with Gasteiger partial charge in [0.2, 0.25) is 0 Å². The fourth-order valence-electron chi connectivity index (χ4n) is 1.58. The van der Waals surface area contributed by atoms with Gasteiger partial charge >= 0.3 is 0 Å². The lowest BCUT2D eigenvalue weighted by Gasteiger charge is -2.09. The Hall–Kier alpha value is -0.920. The Bertz CT molecular complexity index is 787. The highest BCUT2D eigenvalue weighted by Gasteiger charge is 2.17. The standard InChI is InChI=1S/C12H6BrFIN3OS/c1-20-12-17-10(7(4-16)11(19)18-12)6-2-5(14)3-8(15)9(6)13/h2-3H,1H3,(H,17,18,19). The maximum Gasteiger partial charge on any atom is 0.270 e. The van der Waals surface area contributed by atoms with Crippen molar-refractivity contribution >= 4 is 50.3 Å². The second-order valence-corrected chi connectivity index (χ2v) is 6.41. The first kappa shape index (κ1) is 15.5. The lowest BCUT2D eigenvalue weighted by Crippen LogP contribution is -2.14. The summed E-state index contributed by atoms with van der Waals surface area (Å²) in [7, 11) is 0. The van der Waals surface area contributed by atoms with E-state index in [1.807, 2.05) is 28.7 Å². The molecule has 0 saturated heterocycles. The van der Waals surface area contributed by atoms with E-state index in [4.69, 9.17) is 5.26 Å². The molecule has 0 saturated carbocycles. The van der Waals surface area contributed by atoms with Crippen molar-refractivity contribution in [2.45, 2.75) is 5.16 Å². The topological polar surface area (TPSA) is 69.5 Å². The number of aromatic nitrogens is 2. The second kappa shape index (κ2) is 6.24. The summed E-state index contributed by atoms with van der Waals surface area (Å²) >= 11 is 6.55. The zero-order valence-corrected chi connectivity index (χ0v) is 14.6. The first-order chi connectivity index (χ1) is 9.47. The summed E-state index contributed by atoms with van der Waals surface area (Å²) in [5.41, 5.74) is -0.116. The smallest absolute Gasteiger partial charge is 0.270 e. The van der Waals surface area contributed by atoms with Gasteiger partial charge < -0.3 is 4.98 Å². The van der Waals surface area contributed by atoms with Crippen molar-refractivity contribution in [3.8, 4) is 17.3 Å². The summed E-state index contributed by atoms with van der Waals surface area (Å²) in [6, 6.07) is 4.42. The van der Waals surface area contributed by atoms with Crippen LogP contribution in [0.15, 0.2) is 26.6 Å². The summed E-state index contributed by atoms with van der Waals surface area (Å²) < 4.78 is 14.8. The molecule has 0 aliphatic heterocycles. The van der Waals surface area contributed by atoms with Crippen LogP contribution in [0, 0.1) is 20.7 Å². The van der Waals surface area contributed by atoms with Crippen LogP contribution >= 0.6 is 50.3 Å². The summed E-state index contributed by atoms with van der Waals surface area (Å²) in [5.74, 6) is -0.454. The molecule has 2 rings (SSSR count). The van der Waals surface area contributed by atoms with Gasteiger partial charge in [-0.15, -0.1) is 0 Å². The van der Waals surface area contributed by atoms with Gasteiger partial charge in [0, 0.05) is 13.6 Å². The van der Waals surface area contributed by atoms with E-state index in [0.717, 1.165) is 0 Å². The number of nitrogens with one attached hydrogen (secondary N) is 1. The molecule has 8 heteroatoms. The molecule has 1 N–H and O–H groups in total. The molecule has 0 radical (unpaired) electrons. The summed E-state index contributed by atoms with van der Waals surface area (Å²) in [5, 5.41) is 9.50. The first-order valence-corrected chi connectivity index (χ1v) is 8.31. The SMILES string of the molecule is CSc1nc(-c2cc(F)cc(I)c2Br)c(C#N)c(=O)[nH]1. The van der Waals surface area contributed by atoms with Gasteiger partial charge in [-0.2, -0.15) is 5.26 Å². The highest BCUT2D eigenvalue weighted by atomic mass is 127. The molecule has 0 amide bonds. The summed E-state index contributed by atoms with van der Waals surface area (Å²) in [6.07, 6.45) is 1.75. The van der Waals surface area contributed by atoms with Gasteiger partial charge in [0.1, 0.15) is 17.4 Å². The lowest BCUT2D eigenvalue weighted by atomic mass is 10.1. The molecule has 1 aromatic carbocycles. The van der Waals surface area contributed by atoms with E-state index in [0.29, 0.717) is 18.8 Å². The van der Waals surface area contributed by atoms with Crippen molar-refractivity contribution in [3.05, 3.63) is 41.9 Å². The molecule has 1 aromatic heterocycles. The van der Waals surface area contributed by atoms with Gasteiger partial charge in [0.15, 0.2) is 5.16 Å². The van der Waals surface area contributed by atoms with Crippen molar-refractivity contribution in [1.82, 2.24) is 9.97 Å². The second-order valence-electron chi connectivity index (χ2n) is 3.66. The lowest BCUT2D eigenvalue weighted by molar-refractivity contribution is 0.627. The minimum absolute atomic E-state index is 0.134. The Balaban J connectivity index is 2.85. The number of nitrogens with zero attached hydrogens (tertiary/aromatic N) is 2. The van der Waals surface area contributed by atoms with Crippen LogP contribution in [0.4, 0.5) is 4.39 Å². The van der Waals surface area contributed by atoms with Crippen LogP contribution in [0.2, 0.25) is 0 Å². The zero-order valence-electron chi connectivity index (χ0n) is 10.00. The van der Waals surface area contributed by atoms with E-state index in [1.165, 1.54) is 23.9 Å². The summed E-state index contributed by atoms with van der Waals surface area (Å²) in [6.45, 7) is 0. The average Bonchev–Trinajstić information content (AvgIpc) is 2.41. The molecule has 4 nitrogen and oxygen atoms in total. The van der Waals surface area contributed by atoms with Gasteiger partial charge in [-0.05, 0) is 56.9 Å². The van der Waals surface area contributed by atoms with Crippen LogP contribution in [0.5, 0.6) is 0 Å². The largest absolute Gasteiger partial charge is 0.300 e. The van der Waals surface area contributed by atoms with E-state index in [1.54, 1.807) is 6.26 Å². The normalized spacial score (nSPS) is 10.3. The van der Waals surface area contributed by atoms with Crippen molar-refractivity contribution in [3.63, 3.8) is 0 Å². The van der Waals surface area contributed by atoms with Crippen LogP contribution in [-0.4, -0.2) is 16.2 Å². The predicted octanol–water partition coefficient (Wildman–Crippen LogP) is 3.54. The third-order valence-electron chi connectivity index (χ3n) is 2.45. The molecule has 0 atom stereocenters. The number of hydrogen-bond acceptors (Lipinski definition) is 4. The molecule has 0 spiro atoms. The van der Waals surface area contributed by atoms with Gasteiger partial charge in [-0.1, -0.05) is 11.8 Å².